The van der Waals surface area contributed by atoms with Crippen LogP contribution in [0.25, 0.3) is 0 Å². The van der Waals surface area contributed by atoms with E-state index >= 15 is 0 Å². The number of nitrogens with zero attached hydrogens (tertiary/aromatic N) is 2. The van der Waals surface area contributed by atoms with Crippen LogP contribution in [0.4, 0.5) is 13.2 Å². The van der Waals surface area contributed by atoms with Crippen LogP contribution in [0.2, 0.25) is 0 Å². The first kappa shape index (κ1) is 14.8. The maximum Gasteiger partial charge on any atom is 0.406 e. The number of halogens is 3. The van der Waals surface area contributed by atoms with Crippen molar-refractivity contribution in [2.75, 3.05) is 13.1 Å². The van der Waals surface area contributed by atoms with Crippen molar-refractivity contribution in [1.82, 2.24) is 4.90 Å². The third kappa shape index (κ3) is 3.37. The molecule has 0 aromatic carbocycles. The van der Waals surface area contributed by atoms with Gasteiger partial charge in [0.2, 0.25) is 5.91 Å². The van der Waals surface area contributed by atoms with Crippen LogP contribution in [0.5, 0.6) is 0 Å². The average Bonchev–Trinajstić information content (AvgIpc) is 2.54. The summed E-state index contributed by atoms with van der Waals surface area (Å²) in [4.78, 5) is 12.8. The lowest BCUT2D eigenvalue weighted by atomic mass is 9.80. The molecule has 1 rings (SSSR count). The monoisotopic (exact) mass is 262 g/mol. The first-order valence-electron chi connectivity index (χ1n) is 5.80. The first-order chi connectivity index (χ1) is 8.05. The van der Waals surface area contributed by atoms with E-state index in [9.17, 15) is 18.0 Å². The Morgan fingerprint density at radius 1 is 1.44 bits per heavy atom. The average molecular weight is 262 g/mol. The molecule has 0 bridgehead atoms. The normalized spacial score (nSPS) is 23.1. The van der Waals surface area contributed by atoms with Gasteiger partial charge in [0.05, 0.1) is 6.07 Å². The maximum atomic E-state index is 12.5. The van der Waals surface area contributed by atoms with Gasteiger partial charge in [-0.05, 0) is 11.3 Å². The van der Waals surface area contributed by atoms with Gasteiger partial charge in [-0.2, -0.15) is 18.4 Å². The lowest BCUT2D eigenvalue weighted by molar-refractivity contribution is -0.164. The number of carbonyl (C=O) groups excluding carboxylic acids is 1. The van der Waals surface area contributed by atoms with Crippen molar-refractivity contribution < 1.29 is 18.0 Å². The minimum absolute atomic E-state index is 0.0394. The molecule has 3 nitrogen and oxygen atoms in total. The summed E-state index contributed by atoms with van der Waals surface area (Å²) in [6.45, 7) is 5.63. The van der Waals surface area contributed by atoms with Crippen LogP contribution in [-0.2, 0) is 4.79 Å². The Hall–Kier alpha value is -1.25. The van der Waals surface area contributed by atoms with E-state index in [0.29, 0.717) is 6.54 Å². The van der Waals surface area contributed by atoms with Crippen LogP contribution >= 0.6 is 0 Å². The second-order valence-electron chi connectivity index (χ2n) is 5.79. The predicted octanol–water partition coefficient (Wildman–Crippen LogP) is 2.58. The van der Waals surface area contributed by atoms with Crippen molar-refractivity contribution in [3.8, 4) is 6.07 Å². The Bertz CT molecular complexity index is 365. The molecule has 1 saturated heterocycles. The van der Waals surface area contributed by atoms with E-state index in [0.717, 1.165) is 4.90 Å². The zero-order valence-electron chi connectivity index (χ0n) is 10.7. The lowest BCUT2D eigenvalue weighted by Gasteiger charge is -2.27. The molecule has 18 heavy (non-hydrogen) atoms. The number of hydrogen-bond donors (Lipinski definition) is 0. The Labute approximate surface area is 105 Å². The molecular formula is C12H17F3N2O. The van der Waals surface area contributed by atoms with Crippen molar-refractivity contribution in [1.29, 1.82) is 5.26 Å². The minimum Gasteiger partial charge on any atom is -0.341 e. The lowest BCUT2D eigenvalue weighted by Crippen LogP contribution is -2.37. The highest BCUT2D eigenvalue weighted by molar-refractivity contribution is 5.78. The second kappa shape index (κ2) is 4.79. The van der Waals surface area contributed by atoms with E-state index < -0.39 is 18.6 Å². The van der Waals surface area contributed by atoms with Gasteiger partial charge in [0.1, 0.15) is 0 Å². The Balaban J connectivity index is 2.70. The summed E-state index contributed by atoms with van der Waals surface area (Å²) in [5, 5.41) is 8.53. The van der Waals surface area contributed by atoms with Gasteiger partial charge in [-0.15, -0.1) is 0 Å². The van der Waals surface area contributed by atoms with Crippen molar-refractivity contribution in [3.63, 3.8) is 0 Å². The van der Waals surface area contributed by atoms with Crippen molar-refractivity contribution in [2.24, 2.45) is 17.3 Å². The Kier molecular flexibility index (Phi) is 3.94. The number of hydrogen-bond acceptors (Lipinski definition) is 2. The van der Waals surface area contributed by atoms with Crippen LogP contribution in [0.15, 0.2) is 0 Å². The standard InChI is InChI=1S/C12H17F3N2O/c1-11(2,3)8-4-10(18)17(6-8)7-9(5-16)12(13,14)15/h8-9H,4,6-7H2,1-3H3. The second-order valence-corrected chi connectivity index (χ2v) is 5.79. The van der Waals surface area contributed by atoms with Gasteiger partial charge >= 0.3 is 6.18 Å². The smallest absolute Gasteiger partial charge is 0.341 e. The molecule has 0 N–H and O–H groups in total. The van der Waals surface area contributed by atoms with Gasteiger partial charge in [0.25, 0.3) is 0 Å². The fourth-order valence-corrected chi connectivity index (χ4v) is 1.97. The number of alkyl halides is 3. The summed E-state index contributed by atoms with van der Waals surface area (Å²) < 4.78 is 37.4. The van der Waals surface area contributed by atoms with E-state index in [2.05, 4.69) is 0 Å². The summed E-state index contributed by atoms with van der Waals surface area (Å²) in [6, 6.07) is 1.22. The molecule has 2 unspecified atom stereocenters. The summed E-state index contributed by atoms with van der Waals surface area (Å²) in [5.41, 5.74) is -0.120. The van der Waals surface area contributed by atoms with Gasteiger partial charge in [-0.1, -0.05) is 20.8 Å². The van der Waals surface area contributed by atoms with E-state index in [1.807, 2.05) is 20.8 Å². The van der Waals surface area contributed by atoms with Gasteiger partial charge in [-0.25, -0.2) is 0 Å². The molecule has 6 heteroatoms. The summed E-state index contributed by atoms with van der Waals surface area (Å²) in [5.74, 6) is -2.35. The zero-order valence-corrected chi connectivity index (χ0v) is 10.7. The number of amides is 1. The molecule has 0 spiro atoms. The van der Waals surface area contributed by atoms with Crippen LogP contribution in [-0.4, -0.2) is 30.1 Å². The van der Waals surface area contributed by atoms with Crippen molar-refractivity contribution in [2.45, 2.75) is 33.4 Å². The Morgan fingerprint density at radius 2 is 2.00 bits per heavy atom. The van der Waals surface area contributed by atoms with Gasteiger partial charge in [0.15, 0.2) is 5.92 Å². The molecule has 102 valence electrons. The molecule has 0 saturated carbocycles. The molecule has 2 atom stereocenters. The number of nitriles is 1. The number of likely N-dealkylation sites (tertiary alicyclic amines) is 1. The highest BCUT2D eigenvalue weighted by Gasteiger charge is 2.44. The summed E-state index contributed by atoms with van der Waals surface area (Å²) in [6.07, 6.45) is -4.31. The number of carbonyl (C=O) groups is 1. The summed E-state index contributed by atoms with van der Waals surface area (Å²) in [7, 11) is 0. The van der Waals surface area contributed by atoms with Crippen LogP contribution < -0.4 is 0 Å². The highest BCUT2D eigenvalue weighted by Crippen LogP contribution is 2.35. The topological polar surface area (TPSA) is 44.1 Å². The first-order valence-corrected chi connectivity index (χ1v) is 5.80. The molecule has 1 fully saturated rings. The van der Waals surface area contributed by atoms with Crippen LogP contribution in [0, 0.1) is 28.6 Å². The number of rotatable bonds is 2. The largest absolute Gasteiger partial charge is 0.406 e. The minimum atomic E-state index is -4.57. The quantitative estimate of drug-likeness (QED) is 0.767. The maximum absolute atomic E-state index is 12.5. The molecule has 0 aromatic heterocycles. The molecule has 0 radical (unpaired) electrons. The fraction of sp³-hybridized carbons (Fsp3) is 0.833. The summed E-state index contributed by atoms with van der Waals surface area (Å²) >= 11 is 0. The fourth-order valence-electron chi connectivity index (χ4n) is 1.97. The zero-order chi connectivity index (χ0) is 14.1. The van der Waals surface area contributed by atoms with Crippen molar-refractivity contribution in [3.05, 3.63) is 0 Å². The molecule has 0 aromatic rings. The van der Waals surface area contributed by atoms with Crippen LogP contribution in [0.3, 0.4) is 0 Å². The van der Waals surface area contributed by atoms with E-state index in [4.69, 9.17) is 5.26 Å². The molecule has 1 aliphatic rings. The predicted molar refractivity (Wildman–Crippen MR) is 59.3 cm³/mol. The molecule has 1 amide bonds. The third-order valence-corrected chi connectivity index (χ3v) is 3.39. The highest BCUT2D eigenvalue weighted by atomic mass is 19.4. The van der Waals surface area contributed by atoms with Crippen LogP contribution in [0.1, 0.15) is 27.2 Å². The third-order valence-electron chi connectivity index (χ3n) is 3.39. The van der Waals surface area contributed by atoms with Crippen molar-refractivity contribution >= 4 is 5.91 Å². The van der Waals surface area contributed by atoms with E-state index in [-0.39, 0.29) is 23.7 Å². The van der Waals surface area contributed by atoms with Gasteiger partial charge in [0, 0.05) is 19.5 Å². The molecule has 0 aliphatic carbocycles. The molecule has 1 heterocycles. The Morgan fingerprint density at radius 3 is 2.33 bits per heavy atom. The van der Waals surface area contributed by atoms with Gasteiger partial charge in [-0.3, -0.25) is 4.79 Å². The van der Waals surface area contributed by atoms with E-state index in [1.54, 1.807) is 0 Å². The van der Waals surface area contributed by atoms with Gasteiger partial charge < -0.3 is 4.90 Å². The molecule has 1 aliphatic heterocycles. The SMILES string of the molecule is CC(C)(C)C1CC(=O)N(CC(C#N)C(F)(F)F)C1. The van der Waals surface area contributed by atoms with E-state index in [1.165, 1.54) is 6.07 Å². The molecular weight excluding hydrogens is 245 g/mol.